The van der Waals surface area contributed by atoms with Crippen LogP contribution in [-0.2, 0) is 9.63 Å². The molecule has 2 saturated heterocycles. The first-order valence-electron chi connectivity index (χ1n) is 14.6. The number of hydrogen-bond acceptors (Lipinski definition) is 6. The Morgan fingerprint density at radius 2 is 1.61 bits per heavy atom. The van der Waals surface area contributed by atoms with Gasteiger partial charge in [-0.05, 0) is 82.8 Å². The number of benzene rings is 1. The molecule has 1 aromatic carbocycles. The number of para-hydroxylation sites is 2. The molecule has 4 aliphatic rings. The van der Waals surface area contributed by atoms with E-state index in [1.807, 2.05) is 28.8 Å². The minimum absolute atomic E-state index is 0.00910. The number of aromatic nitrogens is 2. The molecule has 2 saturated carbocycles. The average molecular weight is 521 g/mol. The van der Waals surface area contributed by atoms with Crippen molar-refractivity contribution in [3.05, 3.63) is 40.3 Å². The summed E-state index contributed by atoms with van der Waals surface area (Å²) in [6.45, 7) is 3.53. The fraction of sp³-hybridized carbons (Fsp3) is 0.667. The summed E-state index contributed by atoms with van der Waals surface area (Å²) in [5.74, 6) is 0.453. The molecule has 204 valence electrons. The zero-order chi connectivity index (χ0) is 26.4. The third-order valence-electron chi connectivity index (χ3n) is 9.48. The molecule has 3 heterocycles. The maximum atomic E-state index is 13.9. The Kier molecular flexibility index (Phi) is 7.01. The highest BCUT2D eigenvalue weighted by atomic mass is 16.6. The van der Waals surface area contributed by atoms with Crippen LogP contribution in [0.2, 0.25) is 0 Å². The van der Waals surface area contributed by atoms with Crippen molar-refractivity contribution in [2.75, 3.05) is 0 Å². The number of carboxylic acid groups (broad SMARTS) is 1. The first kappa shape index (κ1) is 25.5. The summed E-state index contributed by atoms with van der Waals surface area (Å²) in [6.07, 6.45) is 13.6. The van der Waals surface area contributed by atoms with Crippen LogP contribution in [-0.4, -0.2) is 55.5 Å². The lowest BCUT2D eigenvalue weighted by molar-refractivity contribution is -0.129. The number of fused-ring (bicyclic) bond motifs is 5. The molecule has 1 unspecified atom stereocenters. The third kappa shape index (κ3) is 4.76. The molecule has 1 aromatic heterocycles. The number of carboxylic acids is 1. The van der Waals surface area contributed by atoms with Gasteiger partial charge in [-0.2, -0.15) is 0 Å². The summed E-state index contributed by atoms with van der Waals surface area (Å²) in [5.41, 5.74) is 0.388. The van der Waals surface area contributed by atoms with Gasteiger partial charge >= 0.3 is 5.97 Å². The molecular formula is C30H40N4O4. The fourth-order valence-corrected chi connectivity index (χ4v) is 8.11. The Bertz CT molecular complexity index is 1260. The Labute approximate surface area is 224 Å². The first-order chi connectivity index (χ1) is 18.4. The molecule has 2 aliphatic heterocycles. The summed E-state index contributed by atoms with van der Waals surface area (Å²) >= 11 is 0. The molecule has 8 nitrogen and oxygen atoms in total. The molecule has 38 heavy (non-hydrogen) atoms. The lowest BCUT2D eigenvalue weighted by atomic mass is 9.76. The predicted octanol–water partition coefficient (Wildman–Crippen LogP) is 5.14. The number of aliphatic carboxylic acids is 1. The van der Waals surface area contributed by atoms with Crippen LogP contribution in [0.1, 0.15) is 96.2 Å². The lowest BCUT2D eigenvalue weighted by Gasteiger charge is -2.48. The highest BCUT2D eigenvalue weighted by Crippen LogP contribution is 2.47. The van der Waals surface area contributed by atoms with E-state index in [4.69, 9.17) is 4.84 Å². The van der Waals surface area contributed by atoms with Gasteiger partial charge in [0.2, 0.25) is 5.71 Å². The van der Waals surface area contributed by atoms with Crippen molar-refractivity contribution in [1.29, 1.82) is 0 Å². The number of piperidine rings is 1. The second-order valence-corrected chi connectivity index (χ2v) is 12.4. The van der Waals surface area contributed by atoms with Gasteiger partial charge in [-0.25, -0.2) is 9.78 Å². The molecule has 4 fully saturated rings. The molecule has 1 N–H and O–H groups in total. The van der Waals surface area contributed by atoms with E-state index in [9.17, 15) is 14.7 Å². The van der Waals surface area contributed by atoms with Crippen molar-refractivity contribution in [2.24, 2.45) is 17.0 Å². The van der Waals surface area contributed by atoms with E-state index in [-0.39, 0.29) is 17.8 Å². The Balaban J connectivity index is 1.34. The minimum Gasteiger partial charge on any atom is -0.476 e. The van der Waals surface area contributed by atoms with Crippen LogP contribution in [0.4, 0.5) is 0 Å². The van der Waals surface area contributed by atoms with Gasteiger partial charge in [0, 0.05) is 24.2 Å². The smallest absolute Gasteiger partial charge is 0.360 e. The fourth-order valence-electron chi connectivity index (χ4n) is 8.11. The van der Waals surface area contributed by atoms with E-state index in [0.29, 0.717) is 23.6 Å². The van der Waals surface area contributed by atoms with Gasteiger partial charge in [0.25, 0.3) is 5.56 Å². The van der Waals surface area contributed by atoms with Crippen LogP contribution in [0.5, 0.6) is 0 Å². The molecule has 2 aromatic rings. The van der Waals surface area contributed by atoms with E-state index in [0.717, 1.165) is 30.2 Å². The summed E-state index contributed by atoms with van der Waals surface area (Å²) in [6, 6.07) is 9.18. The van der Waals surface area contributed by atoms with E-state index < -0.39 is 17.2 Å². The summed E-state index contributed by atoms with van der Waals surface area (Å²) < 4.78 is 1.83. The van der Waals surface area contributed by atoms with Gasteiger partial charge in [0.05, 0.1) is 11.0 Å². The number of nitrogens with zero attached hydrogens (tertiary/aromatic N) is 4. The number of carbonyl (C=O) groups is 1. The van der Waals surface area contributed by atoms with E-state index in [1.165, 1.54) is 57.8 Å². The van der Waals surface area contributed by atoms with E-state index >= 15 is 0 Å². The zero-order valence-corrected chi connectivity index (χ0v) is 22.6. The van der Waals surface area contributed by atoms with Crippen molar-refractivity contribution in [3.63, 3.8) is 0 Å². The second kappa shape index (κ2) is 10.4. The summed E-state index contributed by atoms with van der Waals surface area (Å²) in [4.78, 5) is 38.7. The summed E-state index contributed by atoms with van der Waals surface area (Å²) in [5, 5.41) is 13.7. The normalized spacial score (nSPS) is 31.9. The molecular weight excluding hydrogens is 480 g/mol. The summed E-state index contributed by atoms with van der Waals surface area (Å²) in [7, 11) is 0. The van der Waals surface area contributed by atoms with Crippen molar-refractivity contribution >= 4 is 22.7 Å². The van der Waals surface area contributed by atoms with Crippen molar-refractivity contribution in [2.45, 2.75) is 115 Å². The molecule has 0 amide bonds. The number of rotatable bonds is 6. The predicted molar refractivity (Wildman–Crippen MR) is 146 cm³/mol. The molecule has 6 rings (SSSR count). The monoisotopic (exact) mass is 520 g/mol. The molecule has 8 heteroatoms. The van der Waals surface area contributed by atoms with Crippen LogP contribution in [0.25, 0.3) is 11.0 Å². The van der Waals surface area contributed by atoms with Gasteiger partial charge in [-0.3, -0.25) is 9.69 Å². The van der Waals surface area contributed by atoms with Crippen LogP contribution >= 0.6 is 0 Å². The lowest BCUT2D eigenvalue weighted by Crippen LogP contribution is -2.52. The highest BCUT2D eigenvalue weighted by molar-refractivity contribution is 6.41. The minimum atomic E-state index is -1.31. The average Bonchev–Trinajstić information content (AvgIpc) is 3.04. The molecule has 0 spiro atoms. The van der Waals surface area contributed by atoms with Crippen molar-refractivity contribution in [1.82, 2.24) is 14.5 Å². The maximum absolute atomic E-state index is 13.9. The van der Waals surface area contributed by atoms with E-state index in [1.54, 1.807) is 13.8 Å². The molecule has 5 atom stereocenters. The third-order valence-corrected chi connectivity index (χ3v) is 9.48. The highest BCUT2D eigenvalue weighted by Gasteiger charge is 2.47. The maximum Gasteiger partial charge on any atom is 0.360 e. The van der Waals surface area contributed by atoms with Crippen molar-refractivity contribution < 1.29 is 14.7 Å². The molecule has 0 radical (unpaired) electrons. The Hall–Kier alpha value is -2.74. The quantitative estimate of drug-likeness (QED) is 0.419. The van der Waals surface area contributed by atoms with Gasteiger partial charge in [0.1, 0.15) is 6.10 Å². The standard InChI is InChI=1S/C30H40N4O4/c1-18(2)38-32-28(30(36)37)27-29(35)34(26-10-6-5-9-25(26)31-27)24-16-21-11-12-22(17-24)33(21)23-14-19-7-3-4-8-20(13-19)15-23/h5-6,9-10,18-24H,3-4,7-8,11-17H2,1-2H3,(H,36,37)/t19-,20?,21+,22+,23-/m0/s1. The van der Waals surface area contributed by atoms with Crippen LogP contribution < -0.4 is 5.56 Å². The zero-order valence-electron chi connectivity index (χ0n) is 22.6. The SMILES string of the molecule is CC(C)ON=C(C(=O)O)c1nc2ccccc2n(C2C[C@H]3CC[C@H](C2)N3[C@@H]2CC3CCCC[C@@H](C3)C2)c1=O. The Morgan fingerprint density at radius 3 is 2.24 bits per heavy atom. The van der Waals surface area contributed by atoms with Gasteiger partial charge < -0.3 is 14.5 Å². The first-order valence-corrected chi connectivity index (χ1v) is 14.6. The Morgan fingerprint density at radius 1 is 0.947 bits per heavy atom. The van der Waals surface area contributed by atoms with Gasteiger partial charge in [0.15, 0.2) is 5.69 Å². The van der Waals surface area contributed by atoms with Crippen LogP contribution in [0, 0.1) is 11.8 Å². The number of oxime groups is 1. The molecule has 2 aliphatic carbocycles. The van der Waals surface area contributed by atoms with Gasteiger partial charge in [-0.15, -0.1) is 0 Å². The van der Waals surface area contributed by atoms with Gasteiger partial charge in [-0.1, -0.05) is 43.0 Å². The van der Waals surface area contributed by atoms with Crippen LogP contribution in [0.3, 0.4) is 0 Å². The second-order valence-electron chi connectivity index (χ2n) is 12.4. The largest absolute Gasteiger partial charge is 0.476 e. The molecule has 4 bridgehead atoms. The van der Waals surface area contributed by atoms with Crippen molar-refractivity contribution in [3.8, 4) is 0 Å². The number of hydrogen-bond donors (Lipinski definition) is 1. The van der Waals surface area contributed by atoms with E-state index in [2.05, 4.69) is 15.0 Å². The van der Waals surface area contributed by atoms with Crippen LogP contribution in [0.15, 0.2) is 34.2 Å². The topological polar surface area (TPSA) is 97.0 Å².